The van der Waals surface area contributed by atoms with Crippen molar-refractivity contribution in [2.45, 2.75) is 13.5 Å². The summed E-state index contributed by atoms with van der Waals surface area (Å²) in [5.74, 6) is 0.512. The number of aromatic amines is 1. The largest absolute Gasteiger partial charge is 0.473 e. The summed E-state index contributed by atoms with van der Waals surface area (Å²) in [6, 6.07) is 21.2. The average Bonchev–Trinajstić information content (AvgIpc) is 3.13. The number of tetrazole rings is 1. The molecule has 0 aliphatic rings. The van der Waals surface area contributed by atoms with E-state index < -0.39 is 5.69 Å². The highest BCUT2D eigenvalue weighted by atomic mass is 16.5. The predicted octanol–water partition coefficient (Wildman–Crippen LogP) is 2.91. The molecule has 2 aromatic carbocycles. The molecule has 0 unspecified atom stereocenters. The Balaban J connectivity index is 1.62. The minimum atomic E-state index is -0.397. The third-order valence-electron chi connectivity index (χ3n) is 4.24. The van der Waals surface area contributed by atoms with Crippen molar-refractivity contribution in [3.63, 3.8) is 0 Å². The van der Waals surface area contributed by atoms with Gasteiger partial charge >= 0.3 is 5.69 Å². The summed E-state index contributed by atoms with van der Waals surface area (Å²) in [5.41, 5.74) is 3.93. The fourth-order valence-electron chi connectivity index (χ4n) is 2.84. The average molecular weight is 359 g/mol. The van der Waals surface area contributed by atoms with Crippen LogP contribution in [-0.4, -0.2) is 25.2 Å². The van der Waals surface area contributed by atoms with Gasteiger partial charge in [-0.2, -0.15) is 4.68 Å². The van der Waals surface area contributed by atoms with Crippen molar-refractivity contribution >= 4 is 0 Å². The number of ether oxygens (including phenoxy) is 1. The van der Waals surface area contributed by atoms with Crippen LogP contribution in [0.2, 0.25) is 0 Å². The molecule has 0 saturated carbocycles. The maximum absolute atomic E-state index is 11.9. The number of nitrogens with zero attached hydrogens (tertiary/aromatic N) is 4. The van der Waals surface area contributed by atoms with Crippen molar-refractivity contribution in [2.75, 3.05) is 0 Å². The molecule has 0 aliphatic carbocycles. The number of benzene rings is 2. The lowest BCUT2D eigenvalue weighted by molar-refractivity contribution is 0.293. The van der Waals surface area contributed by atoms with Gasteiger partial charge in [0, 0.05) is 17.2 Å². The van der Waals surface area contributed by atoms with Gasteiger partial charge in [0.15, 0.2) is 0 Å². The molecular weight excluding hydrogens is 342 g/mol. The molecule has 0 radical (unpaired) electrons. The van der Waals surface area contributed by atoms with Crippen molar-refractivity contribution in [1.82, 2.24) is 25.2 Å². The Morgan fingerprint density at radius 1 is 1.00 bits per heavy atom. The summed E-state index contributed by atoms with van der Waals surface area (Å²) >= 11 is 0. The van der Waals surface area contributed by atoms with Crippen LogP contribution < -0.4 is 10.4 Å². The number of aromatic nitrogens is 5. The zero-order valence-corrected chi connectivity index (χ0v) is 14.7. The lowest BCUT2D eigenvalue weighted by Gasteiger charge is -2.13. The molecule has 134 valence electrons. The van der Waals surface area contributed by atoms with E-state index in [-0.39, 0.29) is 6.61 Å². The Morgan fingerprint density at radius 2 is 1.81 bits per heavy atom. The van der Waals surface area contributed by atoms with Crippen molar-refractivity contribution in [3.05, 3.63) is 88.3 Å². The van der Waals surface area contributed by atoms with E-state index in [9.17, 15) is 4.79 Å². The second kappa shape index (κ2) is 7.25. The van der Waals surface area contributed by atoms with Crippen LogP contribution in [0.25, 0.3) is 16.9 Å². The molecule has 0 bridgehead atoms. The first-order valence-corrected chi connectivity index (χ1v) is 8.47. The summed E-state index contributed by atoms with van der Waals surface area (Å²) in [6.45, 7) is 2.22. The molecule has 4 aromatic rings. The van der Waals surface area contributed by atoms with Crippen molar-refractivity contribution in [1.29, 1.82) is 0 Å². The van der Waals surface area contributed by atoms with Crippen LogP contribution in [0.15, 0.2) is 71.5 Å². The highest BCUT2D eigenvalue weighted by Crippen LogP contribution is 2.22. The van der Waals surface area contributed by atoms with Crippen LogP contribution in [0, 0.1) is 6.92 Å². The Labute approximate surface area is 155 Å². The van der Waals surface area contributed by atoms with Crippen molar-refractivity contribution in [3.8, 4) is 22.8 Å². The molecule has 2 heterocycles. The van der Waals surface area contributed by atoms with E-state index in [0.29, 0.717) is 11.6 Å². The van der Waals surface area contributed by atoms with Gasteiger partial charge in [-0.15, -0.1) is 0 Å². The van der Waals surface area contributed by atoms with E-state index in [1.54, 1.807) is 0 Å². The summed E-state index contributed by atoms with van der Waals surface area (Å²) in [5, 5.41) is 9.68. The number of hydrogen-bond donors (Lipinski definition) is 1. The topological polar surface area (TPSA) is 85.7 Å². The highest BCUT2D eigenvalue weighted by Gasteiger charge is 2.12. The number of nitrogens with one attached hydrogen (secondary N) is 1. The van der Waals surface area contributed by atoms with Gasteiger partial charge in [-0.25, -0.2) is 14.9 Å². The zero-order valence-electron chi connectivity index (χ0n) is 14.7. The minimum Gasteiger partial charge on any atom is -0.473 e. The van der Waals surface area contributed by atoms with E-state index >= 15 is 0 Å². The smallest absolute Gasteiger partial charge is 0.365 e. The maximum atomic E-state index is 11.9. The Bertz CT molecular complexity index is 1120. The van der Waals surface area contributed by atoms with Crippen LogP contribution in [0.4, 0.5) is 0 Å². The van der Waals surface area contributed by atoms with Crippen LogP contribution in [0.5, 0.6) is 5.88 Å². The van der Waals surface area contributed by atoms with Gasteiger partial charge in [0.1, 0.15) is 6.61 Å². The number of rotatable bonds is 5. The molecule has 1 N–H and O–H groups in total. The normalized spacial score (nSPS) is 10.7. The lowest BCUT2D eigenvalue weighted by atomic mass is 10.1. The molecule has 7 heteroatoms. The SMILES string of the molecule is Cc1cccc(-n2nn[nH]c2=O)c1COc1cccc(-c2ccccc2)n1. The fourth-order valence-corrected chi connectivity index (χ4v) is 2.84. The first-order valence-electron chi connectivity index (χ1n) is 8.47. The van der Waals surface area contributed by atoms with E-state index in [0.717, 1.165) is 22.4 Å². The monoisotopic (exact) mass is 359 g/mol. The van der Waals surface area contributed by atoms with Crippen LogP contribution in [0.3, 0.4) is 0 Å². The van der Waals surface area contributed by atoms with Gasteiger partial charge in [-0.3, -0.25) is 0 Å². The lowest BCUT2D eigenvalue weighted by Crippen LogP contribution is -2.18. The van der Waals surface area contributed by atoms with Gasteiger partial charge in [-0.1, -0.05) is 48.5 Å². The Hall–Kier alpha value is -3.74. The summed E-state index contributed by atoms with van der Waals surface area (Å²) in [6.07, 6.45) is 0. The highest BCUT2D eigenvalue weighted by molar-refractivity contribution is 5.59. The van der Waals surface area contributed by atoms with Gasteiger partial charge in [0.25, 0.3) is 0 Å². The van der Waals surface area contributed by atoms with Crippen LogP contribution >= 0.6 is 0 Å². The van der Waals surface area contributed by atoms with Gasteiger partial charge < -0.3 is 4.74 Å². The number of hydrogen-bond acceptors (Lipinski definition) is 5. The molecule has 0 atom stereocenters. The number of H-pyrrole nitrogens is 1. The summed E-state index contributed by atoms with van der Waals surface area (Å²) in [4.78, 5) is 16.5. The molecule has 2 aromatic heterocycles. The number of pyridine rings is 1. The predicted molar refractivity (Wildman–Crippen MR) is 101 cm³/mol. The molecule has 0 amide bonds. The summed E-state index contributed by atoms with van der Waals surface area (Å²) < 4.78 is 7.15. The fraction of sp³-hybridized carbons (Fsp3) is 0.100. The van der Waals surface area contributed by atoms with Crippen molar-refractivity contribution in [2.24, 2.45) is 0 Å². The van der Waals surface area contributed by atoms with E-state index in [1.807, 2.05) is 73.7 Å². The standard InChI is InChI=1S/C20H17N5O2/c1-14-7-5-11-18(25-20(26)22-23-24-25)16(14)13-27-19-12-6-10-17(21-19)15-8-3-2-4-9-15/h2-12H,13H2,1H3,(H,22,24,26). The van der Waals surface area contributed by atoms with Gasteiger partial charge in [-0.05, 0) is 35.0 Å². The number of aryl methyl sites for hydroxylation is 1. The van der Waals surface area contributed by atoms with Crippen LogP contribution in [-0.2, 0) is 6.61 Å². The van der Waals surface area contributed by atoms with E-state index in [4.69, 9.17) is 4.74 Å². The maximum Gasteiger partial charge on any atom is 0.365 e. The molecule has 7 nitrogen and oxygen atoms in total. The van der Waals surface area contributed by atoms with Gasteiger partial charge in [0.05, 0.1) is 11.4 Å². The first-order chi connectivity index (χ1) is 13.2. The minimum absolute atomic E-state index is 0.256. The third-order valence-corrected chi connectivity index (χ3v) is 4.24. The Morgan fingerprint density at radius 3 is 2.59 bits per heavy atom. The van der Waals surface area contributed by atoms with Crippen LogP contribution in [0.1, 0.15) is 11.1 Å². The molecule has 0 spiro atoms. The third kappa shape index (κ3) is 3.48. The van der Waals surface area contributed by atoms with E-state index in [1.165, 1.54) is 4.68 Å². The van der Waals surface area contributed by atoms with Crippen molar-refractivity contribution < 1.29 is 4.74 Å². The molecule has 0 fully saturated rings. The summed E-state index contributed by atoms with van der Waals surface area (Å²) in [7, 11) is 0. The van der Waals surface area contributed by atoms with Gasteiger partial charge in [0.2, 0.25) is 5.88 Å². The second-order valence-corrected chi connectivity index (χ2v) is 6.01. The quantitative estimate of drug-likeness (QED) is 0.592. The molecular formula is C20H17N5O2. The molecule has 4 rings (SSSR count). The Kier molecular flexibility index (Phi) is 4.49. The second-order valence-electron chi connectivity index (χ2n) is 6.01. The molecule has 0 aliphatic heterocycles. The van der Waals surface area contributed by atoms with E-state index in [2.05, 4.69) is 20.5 Å². The molecule has 0 saturated heterocycles. The zero-order chi connectivity index (χ0) is 18.6. The first kappa shape index (κ1) is 16.7. The molecule has 27 heavy (non-hydrogen) atoms.